The molecule has 1 unspecified atom stereocenters. The van der Waals surface area contributed by atoms with Crippen LogP contribution in [-0.4, -0.2) is 24.8 Å². The van der Waals surface area contributed by atoms with Crippen LogP contribution in [0.3, 0.4) is 0 Å². The first-order valence-corrected chi connectivity index (χ1v) is 4.51. The summed E-state index contributed by atoms with van der Waals surface area (Å²) in [6.07, 6.45) is 0.0793. The van der Waals surface area contributed by atoms with Crippen LogP contribution in [0, 0.1) is 0 Å². The smallest absolute Gasteiger partial charge is 0.748 e. The van der Waals surface area contributed by atoms with Crippen LogP contribution in [0.4, 0.5) is 0 Å². The molecule has 0 aromatic heterocycles. The van der Waals surface area contributed by atoms with Gasteiger partial charge >= 0.3 is 29.6 Å². The number of rotatable bonds is 4. The maximum absolute atomic E-state index is 10.0. The molecule has 0 aromatic carbocycles. The summed E-state index contributed by atoms with van der Waals surface area (Å²) < 4.78 is 30.1. The van der Waals surface area contributed by atoms with Gasteiger partial charge in [-0.15, -0.1) is 0 Å². The molecule has 8 heteroatoms. The molecule has 0 heterocycles. The summed E-state index contributed by atoms with van der Waals surface area (Å²) in [7, 11) is -4.17. The molecular weight excluding hydrogens is 193 g/mol. The van der Waals surface area contributed by atoms with Crippen molar-refractivity contribution in [1.29, 1.82) is 0 Å². The molecule has 0 aliphatic heterocycles. The molecule has 0 fully saturated rings. The van der Waals surface area contributed by atoms with Crippen LogP contribution in [0.1, 0.15) is 13.3 Å². The van der Waals surface area contributed by atoms with Crippen molar-refractivity contribution in [2.75, 3.05) is 5.75 Å². The minimum atomic E-state index is -4.17. The van der Waals surface area contributed by atoms with E-state index in [9.17, 15) is 13.0 Å². The molecule has 0 saturated heterocycles. The van der Waals surface area contributed by atoms with Crippen LogP contribution in [-0.2, 0) is 10.1 Å². The molecule has 0 bridgehead atoms. The van der Waals surface area contributed by atoms with E-state index >= 15 is 0 Å². The van der Waals surface area contributed by atoms with Crippen molar-refractivity contribution in [2.45, 2.75) is 19.4 Å². The average Bonchev–Trinajstić information content (AvgIpc) is 1.83. The zero-order chi connectivity index (χ0) is 8.91. The maximum atomic E-state index is 10.0. The Morgan fingerprint density at radius 3 is 2.50 bits per heavy atom. The summed E-state index contributed by atoms with van der Waals surface area (Å²) in [6.45, 7) is 1.55. The van der Waals surface area contributed by atoms with Crippen molar-refractivity contribution >= 4 is 10.1 Å². The average molecular weight is 201 g/mol. The number of nitrogens with zero attached hydrogens (tertiary/aromatic N) is 3. The van der Waals surface area contributed by atoms with Gasteiger partial charge in [-0.2, -0.15) is 0 Å². The van der Waals surface area contributed by atoms with E-state index in [1.807, 2.05) is 0 Å². The summed E-state index contributed by atoms with van der Waals surface area (Å²) in [5, 5.41) is 3.20. The summed E-state index contributed by atoms with van der Waals surface area (Å²) in [4.78, 5) is 2.46. The Labute approximate surface area is 93.0 Å². The van der Waals surface area contributed by atoms with E-state index in [1.165, 1.54) is 0 Å². The van der Waals surface area contributed by atoms with Gasteiger partial charge in [0.25, 0.3) is 0 Å². The van der Waals surface area contributed by atoms with Gasteiger partial charge in [-0.1, -0.05) is 12.0 Å². The van der Waals surface area contributed by atoms with Gasteiger partial charge in [0.2, 0.25) is 0 Å². The van der Waals surface area contributed by atoms with Crippen LogP contribution in [0.25, 0.3) is 10.4 Å². The van der Waals surface area contributed by atoms with Gasteiger partial charge in [0.15, 0.2) is 0 Å². The van der Waals surface area contributed by atoms with E-state index in [4.69, 9.17) is 5.53 Å². The quantitative estimate of drug-likeness (QED) is 0.167. The Bertz CT molecular complexity index is 259. The predicted molar refractivity (Wildman–Crippen MR) is 37.8 cm³/mol. The van der Waals surface area contributed by atoms with Crippen molar-refractivity contribution in [2.24, 2.45) is 5.11 Å². The maximum Gasteiger partial charge on any atom is 1.00 e. The Hall–Kier alpha value is 0.220. The first-order chi connectivity index (χ1) is 4.95. The fraction of sp³-hybridized carbons (Fsp3) is 1.00. The predicted octanol–water partition coefficient (Wildman–Crippen LogP) is -2.38. The van der Waals surface area contributed by atoms with E-state index in [-0.39, 0.29) is 36.0 Å². The van der Waals surface area contributed by atoms with E-state index in [0.717, 1.165) is 0 Å². The van der Waals surface area contributed by atoms with E-state index in [2.05, 4.69) is 10.0 Å². The van der Waals surface area contributed by atoms with Crippen LogP contribution < -0.4 is 29.6 Å². The first-order valence-electron chi connectivity index (χ1n) is 2.93. The van der Waals surface area contributed by atoms with Crippen LogP contribution in [0.2, 0.25) is 0 Å². The molecule has 0 aliphatic carbocycles. The first kappa shape index (κ1) is 14.7. The molecule has 0 N–H and O–H groups in total. The summed E-state index contributed by atoms with van der Waals surface area (Å²) in [5.74, 6) is -0.479. The fourth-order valence-electron chi connectivity index (χ4n) is 0.461. The second-order valence-corrected chi connectivity index (χ2v) is 3.63. The third kappa shape index (κ3) is 10.2. The summed E-state index contributed by atoms with van der Waals surface area (Å²) in [5.41, 5.74) is 7.90. The van der Waals surface area contributed by atoms with Gasteiger partial charge < -0.3 is 4.55 Å². The van der Waals surface area contributed by atoms with Gasteiger partial charge in [0.1, 0.15) is 0 Å². The summed E-state index contributed by atoms with van der Waals surface area (Å²) in [6, 6.07) is -0.441. The largest absolute Gasteiger partial charge is 1.00 e. The van der Waals surface area contributed by atoms with Crippen molar-refractivity contribution < 1.29 is 42.5 Å². The SMILES string of the molecule is CC(CCS(=O)(=O)[O-])N=[N+]=[N-].[Na+]. The monoisotopic (exact) mass is 201 g/mol. The zero-order valence-corrected chi connectivity index (χ0v) is 9.78. The molecule has 0 saturated carbocycles. The van der Waals surface area contributed by atoms with Crippen molar-refractivity contribution in [3.8, 4) is 0 Å². The fourth-order valence-corrected chi connectivity index (χ4v) is 1.09. The number of azide groups is 1. The Balaban J connectivity index is 0. The van der Waals surface area contributed by atoms with Gasteiger partial charge in [-0.05, 0) is 12.0 Å². The van der Waals surface area contributed by atoms with Crippen LogP contribution >= 0.6 is 0 Å². The normalized spacial score (nSPS) is 12.5. The summed E-state index contributed by atoms with van der Waals surface area (Å²) >= 11 is 0. The second kappa shape index (κ2) is 6.71. The standard InChI is InChI=1S/C4H9N3O3S.Na/c1-4(6-7-5)2-3-11(8,9)10;/h4H,2-3H2,1H3,(H,8,9,10);/q;+1/p-1. The van der Waals surface area contributed by atoms with Crippen LogP contribution in [0.5, 0.6) is 0 Å². The molecule has 64 valence electrons. The molecule has 6 nitrogen and oxygen atoms in total. The van der Waals surface area contributed by atoms with E-state index in [0.29, 0.717) is 0 Å². The molecule has 1 atom stereocenters. The zero-order valence-electron chi connectivity index (χ0n) is 6.97. The molecule has 0 aliphatic rings. The Kier molecular flexibility index (Phi) is 8.23. The molecule has 0 radical (unpaired) electrons. The molecule has 0 spiro atoms. The van der Waals surface area contributed by atoms with Crippen molar-refractivity contribution in [1.82, 2.24) is 0 Å². The van der Waals surface area contributed by atoms with Gasteiger partial charge in [-0.3, -0.25) is 0 Å². The third-order valence-electron chi connectivity index (χ3n) is 1.03. The number of hydrogen-bond donors (Lipinski definition) is 0. The number of hydrogen-bond acceptors (Lipinski definition) is 4. The molecular formula is C4H8N3NaO3S. The van der Waals surface area contributed by atoms with E-state index in [1.54, 1.807) is 6.92 Å². The molecule has 0 rings (SSSR count). The third-order valence-corrected chi connectivity index (χ3v) is 1.77. The minimum Gasteiger partial charge on any atom is -0.748 e. The van der Waals surface area contributed by atoms with E-state index < -0.39 is 21.9 Å². The molecule has 0 amide bonds. The van der Waals surface area contributed by atoms with Gasteiger partial charge in [0, 0.05) is 16.7 Å². The van der Waals surface area contributed by atoms with Gasteiger partial charge in [0.05, 0.1) is 10.1 Å². The van der Waals surface area contributed by atoms with Crippen molar-refractivity contribution in [3.05, 3.63) is 10.4 Å². The topological polar surface area (TPSA) is 106 Å². The van der Waals surface area contributed by atoms with Gasteiger partial charge in [-0.25, -0.2) is 8.42 Å². The molecule has 12 heavy (non-hydrogen) atoms. The second-order valence-electron chi connectivity index (χ2n) is 2.10. The van der Waals surface area contributed by atoms with Crippen LogP contribution in [0.15, 0.2) is 5.11 Å². The molecule has 0 aromatic rings. The van der Waals surface area contributed by atoms with Crippen molar-refractivity contribution in [3.63, 3.8) is 0 Å². The Morgan fingerprint density at radius 2 is 2.17 bits per heavy atom. The minimum absolute atomic E-state index is 0. The Morgan fingerprint density at radius 1 is 1.67 bits per heavy atom.